The van der Waals surface area contributed by atoms with E-state index in [-0.39, 0.29) is 5.41 Å². The third-order valence-corrected chi connectivity index (χ3v) is 17.6. The first-order valence-corrected chi connectivity index (χ1v) is 29.6. The van der Waals surface area contributed by atoms with Gasteiger partial charge in [-0.05, 0) is 160 Å². The molecule has 0 saturated heterocycles. The van der Waals surface area contributed by atoms with Crippen LogP contribution in [0, 0.1) is 6.92 Å². The van der Waals surface area contributed by atoms with E-state index in [4.69, 9.17) is 4.42 Å². The van der Waals surface area contributed by atoms with Gasteiger partial charge < -0.3 is 13.9 Å². The van der Waals surface area contributed by atoms with Crippen molar-refractivity contribution in [3.63, 3.8) is 0 Å². The lowest BCUT2D eigenvalue weighted by molar-refractivity contribution is 0.401. The van der Waals surface area contributed by atoms with Gasteiger partial charge in [0.1, 0.15) is 11.2 Å². The highest BCUT2D eigenvalue weighted by atomic mass is 16.3. The molecule has 0 unspecified atom stereocenters. The lowest BCUT2D eigenvalue weighted by atomic mass is 9.70. The molecule has 0 radical (unpaired) electrons. The number of fused-ring (bicyclic) bond motifs is 9. The largest absolute Gasteiger partial charge is 0.455 e. The van der Waals surface area contributed by atoms with E-state index in [1.807, 2.05) is 18.2 Å². The summed E-state index contributed by atoms with van der Waals surface area (Å²) in [5.41, 5.74) is 24.9. The van der Waals surface area contributed by atoms with Crippen molar-refractivity contribution in [1.82, 2.24) is 4.57 Å². The van der Waals surface area contributed by atoms with Crippen LogP contribution in [0.5, 0.6) is 0 Å². The molecular weight excluding hydrogens is 981 g/mol. The highest BCUT2D eigenvalue weighted by Gasteiger charge is 2.43. The normalized spacial score (nSPS) is 12.6. The van der Waals surface area contributed by atoms with E-state index in [9.17, 15) is 0 Å². The second kappa shape index (κ2) is 22.0. The second-order valence-corrected chi connectivity index (χ2v) is 22.6. The number of hydrogen-bond donors (Lipinski definition) is 0. The summed E-state index contributed by atoms with van der Waals surface area (Å²) in [7, 11) is 0. The van der Waals surface area contributed by atoms with Gasteiger partial charge in [-0.2, -0.15) is 0 Å². The van der Waals surface area contributed by atoms with Crippen LogP contribution in [-0.4, -0.2) is 4.57 Å². The van der Waals surface area contributed by atoms with Crippen LogP contribution in [0.1, 0.15) is 106 Å². The zero-order chi connectivity index (χ0) is 55.0. The minimum absolute atomic E-state index is 0.180. The molecule has 81 heavy (non-hydrogen) atoms. The number of para-hydroxylation sites is 2. The van der Waals surface area contributed by atoms with Gasteiger partial charge in [-0.3, -0.25) is 0 Å². The summed E-state index contributed by atoms with van der Waals surface area (Å²) in [6.45, 7) is 14.9. The summed E-state index contributed by atoms with van der Waals surface area (Å²) in [4.78, 5) is 2.47. The minimum Gasteiger partial charge on any atom is -0.455 e. The maximum absolute atomic E-state index is 6.54. The van der Waals surface area contributed by atoms with E-state index >= 15 is 0 Å². The zero-order valence-electron chi connectivity index (χ0n) is 47.1. The number of nitrogens with zero attached hydrogens (tertiary/aromatic N) is 2. The molecule has 2 aromatic heterocycles. The molecule has 12 aromatic rings. The van der Waals surface area contributed by atoms with E-state index < -0.39 is 0 Å². The molecule has 0 saturated carbocycles. The molecular formula is C78H70N2O. The summed E-state index contributed by atoms with van der Waals surface area (Å²) in [5.74, 6) is 0. The van der Waals surface area contributed by atoms with Crippen molar-refractivity contribution in [2.24, 2.45) is 0 Å². The summed E-state index contributed by atoms with van der Waals surface area (Å²) < 4.78 is 9.08. The SMILES string of the molecule is C=Cc1ccc(-c2ccc3c(c2)c2cc(-c4ccc(C=C)cc4)ccc2n3-c2ccc3c(c2)C(CCCCCC)(CCCCCC)c2cc(N(c4ccc(C)cc4)c4ccc(-c5cccc6c5oc5ccccc56)cc4)ccc2-3)cc1. The molecule has 0 fully saturated rings. The summed E-state index contributed by atoms with van der Waals surface area (Å²) in [6.07, 6.45) is 15.8. The van der Waals surface area contributed by atoms with E-state index in [2.05, 4.69) is 250 Å². The Hall–Kier alpha value is -8.92. The standard InChI is InChI=1S/C78H70N2O/c1-6-10-12-16-47-78(48-17-13-11-7-2)72-51-63(79(61-37-23-53(5)24-38-61)62-39-33-58(34-40-62)65-20-18-21-69-68-19-14-15-22-76(68)81-77(65)69)41-43-66(72)67-44-42-64(52-73(67)78)80-74-45-35-59(56-29-25-54(8-3)26-30-56)49-70(74)71-50-60(36-46-75(71)80)57-31-27-55(9-4)28-32-57/h8-9,14-15,18-46,49-52H,3-4,6-7,10-13,16-17,47-48H2,1-2,5H3. The smallest absolute Gasteiger partial charge is 0.143 e. The Balaban J connectivity index is 0.963. The van der Waals surface area contributed by atoms with E-state index in [0.717, 1.165) is 68.4 Å². The number of furan rings is 1. The van der Waals surface area contributed by atoms with Gasteiger partial charge in [-0.1, -0.05) is 230 Å². The first kappa shape index (κ1) is 51.5. The van der Waals surface area contributed by atoms with Gasteiger partial charge in [0.25, 0.3) is 0 Å². The third kappa shape index (κ3) is 9.39. The van der Waals surface area contributed by atoms with Crippen molar-refractivity contribution < 1.29 is 4.42 Å². The maximum atomic E-state index is 6.54. The molecule has 2 heterocycles. The van der Waals surface area contributed by atoms with Gasteiger partial charge in [0, 0.05) is 55.3 Å². The van der Waals surface area contributed by atoms with Crippen LogP contribution in [0.25, 0.3) is 106 Å². The molecule has 0 aliphatic heterocycles. The number of hydrogen-bond acceptors (Lipinski definition) is 2. The Morgan fingerprint density at radius 2 is 0.951 bits per heavy atom. The fourth-order valence-corrected chi connectivity index (χ4v) is 13.3. The molecule has 3 nitrogen and oxygen atoms in total. The van der Waals surface area contributed by atoms with Crippen molar-refractivity contribution in [2.75, 3.05) is 4.90 Å². The molecule has 13 rings (SSSR count). The Morgan fingerprint density at radius 1 is 0.432 bits per heavy atom. The monoisotopic (exact) mass is 1050 g/mol. The Morgan fingerprint density at radius 3 is 1.54 bits per heavy atom. The van der Waals surface area contributed by atoms with Crippen molar-refractivity contribution in [1.29, 1.82) is 0 Å². The van der Waals surface area contributed by atoms with Crippen molar-refractivity contribution in [3.05, 3.63) is 253 Å². The fourth-order valence-electron chi connectivity index (χ4n) is 13.3. The molecule has 0 amide bonds. The molecule has 0 atom stereocenters. The minimum atomic E-state index is -0.180. The Bertz CT molecular complexity index is 4160. The van der Waals surface area contributed by atoms with E-state index in [1.165, 1.54) is 135 Å². The van der Waals surface area contributed by atoms with Gasteiger partial charge in [0.2, 0.25) is 0 Å². The maximum Gasteiger partial charge on any atom is 0.143 e. The van der Waals surface area contributed by atoms with Crippen LogP contribution in [0.2, 0.25) is 0 Å². The zero-order valence-corrected chi connectivity index (χ0v) is 47.1. The van der Waals surface area contributed by atoms with E-state index in [1.54, 1.807) is 0 Å². The molecule has 3 heteroatoms. The van der Waals surface area contributed by atoms with Crippen LogP contribution in [0.4, 0.5) is 17.1 Å². The first-order chi connectivity index (χ1) is 39.9. The van der Waals surface area contributed by atoms with Crippen LogP contribution in [0.3, 0.4) is 0 Å². The highest BCUT2D eigenvalue weighted by molar-refractivity contribution is 6.12. The summed E-state index contributed by atoms with van der Waals surface area (Å²) in [6, 6.07) is 79.6. The first-order valence-electron chi connectivity index (χ1n) is 29.6. The Kier molecular flexibility index (Phi) is 14.0. The predicted molar refractivity (Wildman–Crippen MR) is 348 cm³/mol. The van der Waals surface area contributed by atoms with Crippen LogP contribution in [-0.2, 0) is 5.41 Å². The van der Waals surface area contributed by atoms with Gasteiger partial charge >= 0.3 is 0 Å². The number of anilines is 3. The molecule has 0 bridgehead atoms. The number of rotatable bonds is 19. The number of aryl methyl sites for hydroxylation is 1. The van der Waals surface area contributed by atoms with Crippen molar-refractivity contribution in [2.45, 2.75) is 90.4 Å². The Labute approximate surface area is 478 Å². The summed E-state index contributed by atoms with van der Waals surface area (Å²) >= 11 is 0. The average molecular weight is 1050 g/mol. The number of benzene rings is 10. The van der Waals surface area contributed by atoms with Crippen LogP contribution >= 0.6 is 0 Å². The lowest BCUT2D eigenvalue weighted by Gasteiger charge is -2.34. The second-order valence-electron chi connectivity index (χ2n) is 22.6. The van der Waals surface area contributed by atoms with Crippen LogP contribution in [0.15, 0.2) is 230 Å². The molecule has 0 spiro atoms. The molecule has 1 aliphatic rings. The third-order valence-electron chi connectivity index (χ3n) is 17.6. The molecule has 10 aromatic carbocycles. The molecule has 398 valence electrons. The number of unbranched alkanes of at least 4 members (excludes halogenated alkanes) is 6. The molecule has 0 N–H and O–H groups in total. The van der Waals surface area contributed by atoms with Gasteiger partial charge in [0.15, 0.2) is 0 Å². The predicted octanol–water partition coefficient (Wildman–Crippen LogP) is 23.0. The topological polar surface area (TPSA) is 21.3 Å². The molecule has 1 aliphatic carbocycles. The van der Waals surface area contributed by atoms with Gasteiger partial charge in [0.05, 0.1) is 11.0 Å². The van der Waals surface area contributed by atoms with Gasteiger partial charge in [-0.15, -0.1) is 0 Å². The lowest BCUT2D eigenvalue weighted by Crippen LogP contribution is -2.26. The van der Waals surface area contributed by atoms with Crippen LogP contribution < -0.4 is 4.90 Å². The van der Waals surface area contributed by atoms with Gasteiger partial charge in [-0.25, -0.2) is 0 Å². The van der Waals surface area contributed by atoms with Crippen molar-refractivity contribution >= 4 is 73.0 Å². The quantitative estimate of drug-likeness (QED) is 0.0753. The number of aromatic nitrogens is 1. The summed E-state index contributed by atoms with van der Waals surface area (Å²) in [5, 5.41) is 4.78. The van der Waals surface area contributed by atoms with Crippen molar-refractivity contribution in [3.8, 4) is 50.2 Å². The fraction of sp³-hybridized carbons (Fsp3) is 0.179. The highest BCUT2D eigenvalue weighted by Crippen LogP contribution is 2.57. The average Bonchev–Trinajstić information content (AvgIpc) is 4.31. The van der Waals surface area contributed by atoms with E-state index in [0.29, 0.717) is 0 Å².